The molecule has 0 spiro atoms. The molecule has 1 aromatic carbocycles. The Morgan fingerprint density at radius 1 is 1.22 bits per heavy atom. The number of aryl methyl sites for hydroxylation is 2. The summed E-state index contributed by atoms with van der Waals surface area (Å²) >= 11 is 0. The third-order valence-electron chi connectivity index (χ3n) is 4.87. The molecular weight excluding hydrogens is 290 g/mol. The highest BCUT2D eigenvalue weighted by Gasteiger charge is 2.40. The van der Waals surface area contributed by atoms with Gasteiger partial charge in [-0.25, -0.2) is 0 Å². The first-order valence-corrected chi connectivity index (χ1v) is 8.55. The number of carbonyl (C=O) groups is 2. The van der Waals surface area contributed by atoms with Crippen LogP contribution in [-0.2, 0) is 9.59 Å². The second-order valence-corrected chi connectivity index (χ2v) is 6.99. The van der Waals surface area contributed by atoms with Crippen LogP contribution in [-0.4, -0.2) is 29.9 Å². The number of amides is 2. The van der Waals surface area contributed by atoms with Crippen LogP contribution < -0.4 is 16.0 Å². The van der Waals surface area contributed by atoms with Crippen LogP contribution in [0.25, 0.3) is 0 Å². The zero-order valence-electron chi connectivity index (χ0n) is 13.9. The average molecular weight is 316 g/mol. The van der Waals surface area contributed by atoms with Gasteiger partial charge >= 0.3 is 0 Å². The van der Waals surface area contributed by atoms with Gasteiger partial charge in [0.15, 0.2) is 6.04 Å². The van der Waals surface area contributed by atoms with Crippen molar-refractivity contribution in [1.82, 2.24) is 5.32 Å². The van der Waals surface area contributed by atoms with Gasteiger partial charge in [0.05, 0.1) is 12.5 Å². The molecule has 0 bridgehead atoms. The molecule has 2 amide bonds. The lowest BCUT2D eigenvalue weighted by molar-refractivity contribution is -0.718. The molecule has 3 atom stereocenters. The first-order chi connectivity index (χ1) is 11.0. The number of rotatable bonds is 3. The van der Waals surface area contributed by atoms with Crippen molar-refractivity contribution >= 4 is 17.5 Å². The van der Waals surface area contributed by atoms with Crippen molar-refractivity contribution in [3.05, 3.63) is 29.3 Å². The van der Waals surface area contributed by atoms with Crippen LogP contribution in [0.15, 0.2) is 18.2 Å². The van der Waals surface area contributed by atoms with E-state index in [0.29, 0.717) is 6.04 Å². The number of hydrogen-bond donors (Lipinski definition) is 3. The Hall–Kier alpha value is -1.88. The van der Waals surface area contributed by atoms with Crippen molar-refractivity contribution in [3.63, 3.8) is 0 Å². The summed E-state index contributed by atoms with van der Waals surface area (Å²) in [7, 11) is 0. The van der Waals surface area contributed by atoms with E-state index in [9.17, 15) is 9.59 Å². The molecule has 1 aliphatic carbocycles. The second kappa shape index (κ2) is 6.71. The smallest absolute Gasteiger partial charge is 0.279 e. The maximum Gasteiger partial charge on any atom is 0.279 e. The largest absolute Gasteiger partial charge is 0.342 e. The summed E-state index contributed by atoms with van der Waals surface area (Å²) in [6.45, 7) is 4.02. The monoisotopic (exact) mass is 316 g/mol. The predicted molar refractivity (Wildman–Crippen MR) is 89.1 cm³/mol. The van der Waals surface area contributed by atoms with E-state index in [1.165, 1.54) is 12.8 Å². The van der Waals surface area contributed by atoms with Gasteiger partial charge < -0.3 is 16.0 Å². The Labute approximate surface area is 137 Å². The van der Waals surface area contributed by atoms with Gasteiger partial charge in [-0.2, -0.15) is 0 Å². The molecule has 124 valence electrons. The molecule has 5 nitrogen and oxygen atoms in total. The zero-order chi connectivity index (χ0) is 16.4. The number of nitrogens with one attached hydrogen (secondary N) is 2. The number of nitrogens with two attached hydrogens (primary N) is 1. The van der Waals surface area contributed by atoms with Crippen molar-refractivity contribution in [2.45, 2.75) is 64.1 Å². The Morgan fingerprint density at radius 3 is 2.65 bits per heavy atom. The summed E-state index contributed by atoms with van der Waals surface area (Å²) in [5.41, 5.74) is 3.04. The van der Waals surface area contributed by atoms with E-state index in [0.717, 1.165) is 29.7 Å². The molecule has 4 N–H and O–H groups in total. The zero-order valence-corrected chi connectivity index (χ0v) is 13.9. The van der Waals surface area contributed by atoms with Crippen LogP contribution in [0.5, 0.6) is 0 Å². The topological polar surface area (TPSA) is 74.8 Å². The van der Waals surface area contributed by atoms with Gasteiger partial charge in [-0.15, -0.1) is 0 Å². The number of fused-ring (bicyclic) bond motifs is 1. The van der Waals surface area contributed by atoms with E-state index in [-0.39, 0.29) is 30.3 Å². The molecule has 1 aliphatic heterocycles. The fourth-order valence-corrected chi connectivity index (χ4v) is 3.86. The lowest BCUT2D eigenvalue weighted by atomic mass is 9.87. The van der Waals surface area contributed by atoms with Crippen LogP contribution in [0.3, 0.4) is 0 Å². The summed E-state index contributed by atoms with van der Waals surface area (Å²) in [5.74, 6) is -0.0932. The second-order valence-electron chi connectivity index (χ2n) is 6.99. The predicted octanol–water partition coefficient (Wildman–Crippen LogP) is 1.01. The number of hydrogen-bond acceptors (Lipinski definition) is 2. The van der Waals surface area contributed by atoms with Crippen LogP contribution in [0, 0.1) is 13.8 Å². The minimum absolute atomic E-state index is 0.00345. The summed E-state index contributed by atoms with van der Waals surface area (Å²) < 4.78 is 0. The number of carbonyl (C=O) groups excluding carboxylic acids is 2. The van der Waals surface area contributed by atoms with Crippen LogP contribution >= 0.6 is 0 Å². The normalized spacial score (nSPS) is 27.0. The molecule has 1 heterocycles. The van der Waals surface area contributed by atoms with Gasteiger partial charge in [-0.05, 0) is 49.9 Å². The maximum absolute atomic E-state index is 12.3. The standard InChI is InChI=1S/C18H25N3O2/c1-11-7-12(2)9-13(8-11)19-17(22)10-16-18(23)21-15-6-4-3-5-14(15)20-16/h7-9,14-16,20H,3-6,10H2,1-2H3,(H,19,22)(H,21,23)/p+1/t14-,15+,16-/m1/s1. The molecule has 5 heteroatoms. The van der Waals surface area contributed by atoms with Gasteiger partial charge in [-0.1, -0.05) is 12.5 Å². The van der Waals surface area contributed by atoms with Gasteiger partial charge in [0, 0.05) is 12.1 Å². The van der Waals surface area contributed by atoms with Crippen molar-refractivity contribution < 1.29 is 14.9 Å². The van der Waals surface area contributed by atoms with E-state index in [2.05, 4.69) is 22.0 Å². The van der Waals surface area contributed by atoms with E-state index in [1.807, 2.05) is 26.0 Å². The Kier molecular flexibility index (Phi) is 4.66. The molecule has 0 aromatic heterocycles. The van der Waals surface area contributed by atoms with E-state index in [4.69, 9.17) is 0 Å². The maximum atomic E-state index is 12.3. The van der Waals surface area contributed by atoms with Crippen molar-refractivity contribution in [2.75, 3.05) is 5.32 Å². The molecule has 3 rings (SSSR count). The van der Waals surface area contributed by atoms with Crippen LogP contribution in [0.1, 0.15) is 43.2 Å². The van der Waals surface area contributed by atoms with Gasteiger partial charge in [0.1, 0.15) is 6.04 Å². The first kappa shape index (κ1) is 16.0. The highest BCUT2D eigenvalue weighted by Crippen LogP contribution is 2.19. The van der Waals surface area contributed by atoms with E-state index >= 15 is 0 Å². The third-order valence-corrected chi connectivity index (χ3v) is 4.87. The van der Waals surface area contributed by atoms with Crippen molar-refractivity contribution in [3.8, 4) is 0 Å². The Morgan fingerprint density at radius 2 is 1.91 bits per heavy atom. The number of piperazine rings is 1. The molecule has 1 saturated carbocycles. The fraction of sp³-hybridized carbons (Fsp3) is 0.556. The highest BCUT2D eigenvalue weighted by molar-refractivity contribution is 5.95. The molecule has 23 heavy (non-hydrogen) atoms. The molecule has 1 aromatic rings. The summed E-state index contributed by atoms with van der Waals surface area (Å²) in [4.78, 5) is 24.5. The summed E-state index contributed by atoms with van der Waals surface area (Å²) in [5, 5.41) is 8.15. The third kappa shape index (κ3) is 3.91. The molecule has 2 aliphatic rings. The summed E-state index contributed by atoms with van der Waals surface area (Å²) in [6.07, 6.45) is 4.82. The lowest BCUT2D eigenvalue weighted by Crippen LogP contribution is -3.03. The molecule has 0 radical (unpaired) electrons. The number of quaternary nitrogens is 1. The Bertz CT molecular complexity index is 594. The van der Waals surface area contributed by atoms with Gasteiger partial charge in [0.25, 0.3) is 5.91 Å². The van der Waals surface area contributed by atoms with E-state index < -0.39 is 0 Å². The molecule has 1 saturated heterocycles. The van der Waals surface area contributed by atoms with Crippen molar-refractivity contribution in [1.29, 1.82) is 0 Å². The van der Waals surface area contributed by atoms with Gasteiger partial charge in [-0.3, -0.25) is 9.59 Å². The minimum atomic E-state index is -0.305. The SMILES string of the molecule is Cc1cc(C)cc(NC(=O)C[C@H]2[NH2+][C@@H]3CCCC[C@@H]3NC2=O)c1. The van der Waals surface area contributed by atoms with Crippen molar-refractivity contribution in [2.24, 2.45) is 0 Å². The lowest BCUT2D eigenvalue weighted by Gasteiger charge is -2.37. The summed E-state index contributed by atoms with van der Waals surface area (Å²) in [6, 6.07) is 6.39. The van der Waals surface area contributed by atoms with Crippen LogP contribution in [0.4, 0.5) is 5.69 Å². The molecular formula is C18H26N3O2+. The van der Waals surface area contributed by atoms with Gasteiger partial charge in [0.2, 0.25) is 5.91 Å². The minimum Gasteiger partial charge on any atom is -0.342 e. The quantitative estimate of drug-likeness (QED) is 0.778. The number of benzene rings is 1. The van der Waals surface area contributed by atoms with E-state index in [1.54, 1.807) is 0 Å². The Balaban J connectivity index is 1.59. The number of anilines is 1. The first-order valence-electron chi connectivity index (χ1n) is 8.55. The average Bonchev–Trinajstić information content (AvgIpc) is 2.46. The molecule has 0 unspecified atom stereocenters. The highest BCUT2D eigenvalue weighted by atomic mass is 16.2. The van der Waals surface area contributed by atoms with Crippen LogP contribution in [0.2, 0.25) is 0 Å². The molecule has 2 fully saturated rings. The fourth-order valence-electron chi connectivity index (χ4n) is 3.86.